The first-order valence-electron chi connectivity index (χ1n) is 9.87. The molecule has 1 aliphatic heterocycles. The molecule has 0 spiro atoms. The summed E-state index contributed by atoms with van der Waals surface area (Å²) in [6.07, 6.45) is -5.02. The molecule has 32 heavy (non-hydrogen) atoms. The second-order valence-electron chi connectivity index (χ2n) is 7.60. The largest absolute Gasteiger partial charge is 0.410 e. The molecule has 2 N–H and O–H groups in total. The fraction of sp³-hybridized carbons (Fsp3) is 0.273. The van der Waals surface area contributed by atoms with E-state index in [-0.39, 0.29) is 23.0 Å². The van der Waals surface area contributed by atoms with Crippen LogP contribution >= 0.6 is 11.6 Å². The normalized spacial score (nSPS) is 19.1. The van der Waals surface area contributed by atoms with E-state index >= 15 is 0 Å². The van der Waals surface area contributed by atoms with E-state index in [1.54, 1.807) is 6.92 Å². The Labute approximate surface area is 186 Å². The number of hydrogen-bond donors (Lipinski definition) is 2. The van der Waals surface area contributed by atoms with Gasteiger partial charge in [-0.1, -0.05) is 54.1 Å². The van der Waals surface area contributed by atoms with Crippen molar-refractivity contribution in [3.63, 3.8) is 0 Å². The summed E-state index contributed by atoms with van der Waals surface area (Å²) in [6, 6.07) is 11.1. The Balaban J connectivity index is 1.66. The highest BCUT2D eigenvalue weighted by Crippen LogP contribution is 2.46. The first kappa shape index (κ1) is 22.1. The van der Waals surface area contributed by atoms with Gasteiger partial charge in [0.15, 0.2) is 11.7 Å². The van der Waals surface area contributed by atoms with Crippen LogP contribution in [0.25, 0.3) is 0 Å². The predicted molar refractivity (Wildman–Crippen MR) is 112 cm³/mol. The van der Waals surface area contributed by atoms with Crippen LogP contribution in [-0.2, 0) is 0 Å². The number of halogens is 5. The number of fused-ring (bicyclic) bond motifs is 1. The van der Waals surface area contributed by atoms with E-state index in [1.807, 2.05) is 30.3 Å². The molecular weight excluding hydrogens is 448 g/mol. The number of amides is 1. The van der Waals surface area contributed by atoms with Crippen LogP contribution in [0.5, 0.6) is 0 Å². The summed E-state index contributed by atoms with van der Waals surface area (Å²) < 4.78 is 55.5. The van der Waals surface area contributed by atoms with Gasteiger partial charge >= 0.3 is 6.18 Å². The van der Waals surface area contributed by atoms with Gasteiger partial charge in [-0.3, -0.25) is 4.79 Å². The number of carbonyl (C=O) groups excluding carboxylic acids is 1. The number of carbonyl (C=O) groups is 1. The molecule has 2 heterocycles. The third-order valence-corrected chi connectivity index (χ3v) is 5.79. The van der Waals surface area contributed by atoms with E-state index in [0.717, 1.165) is 5.56 Å². The fourth-order valence-electron chi connectivity index (χ4n) is 3.74. The lowest BCUT2D eigenvalue weighted by atomic mass is 9.97. The van der Waals surface area contributed by atoms with E-state index in [4.69, 9.17) is 11.6 Å². The monoisotopic (exact) mass is 466 g/mol. The molecule has 0 radical (unpaired) electrons. The molecule has 0 saturated carbocycles. The van der Waals surface area contributed by atoms with Gasteiger partial charge in [0.25, 0.3) is 5.91 Å². The first-order valence-corrected chi connectivity index (χ1v) is 10.3. The maximum Gasteiger partial charge on any atom is 0.410 e. The lowest BCUT2D eigenvalue weighted by Crippen LogP contribution is -2.36. The number of aromatic nitrogens is 2. The van der Waals surface area contributed by atoms with Crippen molar-refractivity contribution in [2.45, 2.75) is 37.6 Å². The van der Waals surface area contributed by atoms with Gasteiger partial charge in [-0.15, -0.1) is 0 Å². The molecule has 0 unspecified atom stereocenters. The lowest BCUT2D eigenvalue weighted by Gasteiger charge is -2.33. The minimum atomic E-state index is -4.63. The summed E-state index contributed by atoms with van der Waals surface area (Å²) in [5.74, 6) is -1.28. The molecule has 3 aromatic rings. The van der Waals surface area contributed by atoms with Crippen LogP contribution in [0, 0.1) is 5.82 Å². The molecule has 3 atom stereocenters. The molecule has 2 aromatic carbocycles. The molecule has 0 bridgehead atoms. The molecule has 168 valence electrons. The Morgan fingerprint density at radius 1 is 1.19 bits per heavy atom. The highest BCUT2D eigenvalue weighted by atomic mass is 35.5. The number of benzene rings is 2. The van der Waals surface area contributed by atoms with Crippen LogP contribution in [-0.4, -0.2) is 21.9 Å². The zero-order valence-electron chi connectivity index (χ0n) is 16.8. The Kier molecular flexibility index (Phi) is 5.85. The van der Waals surface area contributed by atoms with Crippen molar-refractivity contribution in [2.24, 2.45) is 0 Å². The van der Waals surface area contributed by atoms with Gasteiger partial charge in [0.05, 0.1) is 12.1 Å². The molecule has 5 nitrogen and oxygen atoms in total. The topological polar surface area (TPSA) is 59.0 Å². The minimum Gasteiger partial charge on any atom is -0.362 e. The third-order valence-electron chi connectivity index (χ3n) is 5.43. The first-order chi connectivity index (χ1) is 15.1. The molecule has 0 aliphatic carbocycles. The number of alkyl halides is 3. The van der Waals surface area contributed by atoms with Gasteiger partial charge in [-0.2, -0.15) is 18.3 Å². The molecule has 1 amide bonds. The average Bonchev–Trinajstić information content (AvgIpc) is 3.10. The highest BCUT2D eigenvalue weighted by Gasteiger charge is 2.47. The van der Waals surface area contributed by atoms with E-state index in [0.29, 0.717) is 10.2 Å². The highest BCUT2D eigenvalue weighted by molar-refractivity contribution is 6.36. The van der Waals surface area contributed by atoms with E-state index < -0.39 is 36.0 Å². The van der Waals surface area contributed by atoms with E-state index in [2.05, 4.69) is 15.7 Å². The van der Waals surface area contributed by atoms with Gasteiger partial charge < -0.3 is 10.6 Å². The van der Waals surface area contributed by atoms with Crippen molar-refractivity contribution in [1.29, 1.82) is 0 Å². The molecular formula is C22H19ClF4N4O. The zero-order valence-corrected chi connectivity index (χ0v) is 17.6. The van der Waals surface area contributed by atoms with Crippen molar-refractivity contribution in [3.8, 4) is 0 Å². The Morgan fingerprint density at radius 3 is 2.47 bits per heavy atom. The van der Waals surface area contributed by atoms with Gasteiger partial charge in [0.2, 0.25) is 0 Å². The summed E-state index contributed by atoms with van der Waals surface area (Å²) in [5.41, 5.74) is 0.988. The number of hydrogen-bond acceptors (Lipinski definition) is 3. The minimum absolute atomic E-state index is 0.105. The fourth-order valence-corrected chi connectivity index (χ4v) is 4.00. The number of rotatable bonds is 4. The summed E-state index contributed by atoms with van der Waals surface area (Å²) in [5, 5.41) is 9.36. The predicted octanol–water partition coefficient (Wildman–Crippen LogP) is 5.83. The maximum absolute atomic E-state index is 13.9. The Hall–Kier alpha value is -3.07. The smallest absolute Gasteiger partial charge is 0.362 e. The molecule has 1 aliphatic rings. The van der Waals surface area contributed by atoms with Crippen LogP contribution in [0.1, 0.15) is 53.1 Å². The van der Waals surface area contributed by atoms with Gasteiger partial charge in [0.1, 0.15) is 16.7 Å². The van der Waals surface area contributed by atoms with Crippen molar-refractivity contribution in [1.82, 2.24) is 15.1 Å². The lowest BCUT2D eigenvalue weighted by molar-refractivity contribution is -0.173. The van der Waals surface area contributed by atoms with Gasteiger partial charge in [-0.25, -0.2) is 9.07 Å². The van der Waals surface area contributed by atoms with E-state index in [9.17, 15) is 22.4 Å². The van der Waals surface area contributed by atoms with Crippen LogP contribution in [0.2, 0.25) is 5.02 Å². The molecule has 1 aromatic heterocycles. The standard InChI is InChI=1S/C22H19ClF4N4O/c1-12(13-5-3-2-4-6-13)28-21(32)19-18(23)20-29-16(14-7-9-15(24)10-8-14)11-17(22(25,26)27)31(20)30-19/h2-10,12,16-17,29H,11H2,1H3,(H,28,32)/t12-,16-,17-/m0/s1. The van der Waals surface area contributed by atoms with Gasteiger partial charge in [0, 0.05) is 6.42 Å². The van der Waals surface area contributed by atoms with Crippen molar-refractivity contribution < 1.29 is 22.4 Å². The van der Waals surface area contributed by atoms with Crippen molar-refractivity contribution in [3.05, 3.63) is 82.3 Å². The quantitative estimate of drug-likeness (QED) is 0.476. The van der Waals surface area contributed by atoms with Crippen molar-refractivity contribution in [2.75, 3.05) is 5.32 Å². The SMILES string of the molecule is C[C@H](NC(=O)c1nn2c(c1Cl)N[C@H](c1ccc(F)cc1)C[C@H]2C(F)(F)F)c1ccccc1. The van der Waals surface area contributed by atoms with Crippen LogP contribution in [0.15, 0.2) is 54.6 Å². The third kappa shape index (κ3) is 4.29. The number of nitrogens with one attached hydrogen (secondary N) is 2. The van der Waals surface area contributed by atoms with E-state index in [1.165, 1.54) is 24.3 Å². The molecule has 10 heteroatoms. The average molecular weight is 467 g/mol. The Morgan fingerprint density at radius 2 is 1.84 bits per heavy atom. The van der Waals surface area contributed by atoms with Gasteiger partial charge in [-0.05, 0) is 30.2 Å². The van der Waals surface area contributed by atoms with Crippen molar-refractivity contribution >= 4 is 23.3 Å². The summed E-state index contributed by atoms with van der Waals surface area (Å²) in [4.78, 5) is 12.8. The second kappa shape index (κ2) is 8.46. The molecule has 4 rings (SSSR count). The number of anilines is 1. The summed E-state index contributed by atoms with van der Waals surface area (Å²) in [7, 11) is 0. The van der Waals surface area contributed by atoms with Crippen LogP contribution < -0.4 is 10.6 Å². The molecule has 0 fully saturated rings. The van der Waals surface area contributed by atoms with Crippen LogP contribution in [0.3, 0.4) is 0 Å². The number of nitrogens with zero attached hydrogens (tertiary/aromatic N) is 2. The summed E-state index contributed by atoms with van der Waals surface area (Å²) >= 11 is 6.33. The summed E-state index contributed by atoms with van der Waals surface area (Å²) in [6.45, 7) is 1.75. The van der Waals surface area contributed by atoms with Crippen LogP contribution in [0.4, 0.5) is 23.4 Å². The second-order valence-corrected chi connectivity index (χ2v) is 7.98. The molecule has 0 saturated heterocycles. The maximum atomic E-state index is 13.9. The zero-order chi connectivity index (χ0) is 23.0. The Bertz CT molecular complexity index is 1120.